The number of carbonyl (C=O) groups excluding carboxylic acids is 2. The highest BCUT2D eigenvalue weighted by atomic mass is 32.2. The van der Waals surface area contributed by atoms with Gasteiger partial charge < -0.3 is 11.1 Å². The van der Waals surface area contributed by atoms with Gasteiger partial charge in [0.05, 0.1) is 4.90 Å². The van der Waals surface area contributed by atoms with Crippen molar-refractivity contribution in [2.24, 2.45) is 5.73 Å². The van der Waals surface area contributed by atoms with Gasteiger partial charge in [0, 0.05) is 31.1 Å². The van der Waals surface area contributed by atoms with Gasteiger partial charge in [-0.15, -0.1) is 0 Å². The summed E-state index contributed by atoms with van der Waals surface area (Å²) >= 11 is 0. The van der Waals surface area contributed by atoms with Crippen LogP contribution < -0.4 is 11.1 Å². The average molecular weight is 341 g/mol. The summed E-state index contributed by atoms with van der Waals surface area (Å²) < 4.78 is 26.3. The quantitative estimate of drug-likeness (QED) is 0.725. The van der Waals surface area contributed by atoms with Crippen molar-refractivity contribution in [1.82, 2.24) is 9.62 Å². The van der Waals surface area contributed by atoms with Crippen LogP contribution in [-0.4, -0.2) is 43.7 Å². The highest BCUT2D eigenvalue weighted by molar-refractivity contribution is 7.89. The molecule has 0 aliphatic heterocycles. The summed E-state index contributed by atoms with van der Waals surface area (Å²) in [5.41, 5.74) is 5.29. The van der Waals surface area contributed by atoms with Gasteiger partial charge in [-0.1, -0.05) is 19.9 Å². The van der Waals surface area contributed by atoms with E-state index in [0.717, 1.165) is 0 Å². The molecule has 0 fully saturated rings. The number of primary amides is 1. The molecule has 2 amide bonds. The van der Waals surface area contributed by atoms with Gasteiger partial charge in [-0.25, -0.2) is 8.42 Å². The molecule has 0 aliphatic rings. The van der Waals surface area contributed by atoms with Gasteiger partial charge in [0.15, 0.2) is 0 Å². The first-order valence-electron chi connectivity index (χ1n) is 7.41. The van der Waals surface area contributed by atoms with E-state index in [0.29, 0.717) is 13.1 Å². The van der Waals surface area contributed by atoms with E-state index in [2.05, 4.69) is 5.32 Å². The molecule has 1 atom stereocenters. The minimum Gasteiger partial charge on any atom is -0.370 e. The highest BCUT2D eigenvalue weighted by Gasteiger charge is 2.22. The second-order valence-electron chi connectivity index (χ2n) is 5.16. The Kier molecular flexibility index (Phi) is 6.71. The Morgan fingerprint density at radius 2 is 1.87 bits per heavy atom. The Balaban J connectivity index is 3.01. The van der Waals surface area contributed by atoms with E-state index in [1.54, 1.807) is 20.8 Å². The van der Waals surface area contributed by atoms with E-state index in [9.17, 15) is 18.0 Å². The molecule has 0 spiro atoms. The van der Waals surface area contributed by atoms with E-state index in [1.165, 1.54) is 28.6 Å². The zero-order valence-electron chi connectivity index (χ0n) is 13.6. The maximum absolute atomic E-state index is 12.5. The third kappa shape index (κ3) is 5.04. The highest BCUT2D eigenvalue weighted by Crippen LogP contribution is 2.17. The molecule has 0 saturated heterocycles. The SMILES string of the molecule is CCN(CC)S(=O)(=O)c1cccc(C(=O)N[C@@H](C)CC(N)=O)c1. The van der Waals surface area contributed by atoms with Gasteiger partial charge in [-0.2, -0.15) is 4.31 Å². The van der Waals surface area contributed by atoms with E-state index >= 15 is 0 Å². The van der Waals surface area contributed by atoms with Crippen LogP contribution in [0.25, 0.3) is 0 Å². The lowest BCUT2D eigenvalue weighted by molar-refractivity contribution is -0.118. The van der Waals surface area contributed by atoms with Gasteiger partial charge in [0.2, 0.25) is 15.9 Å². The number of carbonyl (C=O) groups is 2. The molecule has 0 heterocycles. The van der Waals surface area contributed by atoms with E-state index in [4.69, 9.17) is 5.73 Å². The minimum absolute atomic E-state index is 0.0170. The van der Waals surface area contributed by atoms with E-state index < -0.39 is 27.9 Å². The molecule has 0 aromatic heterocycles. The standard InChI is InChI=1S/C15H23N3O4S/c1-4-18(5-2)23(21,22)13-8-6-7-12(10-13)15(20)17-11(3)9-14(16)19/h6-8,10-11H,4-5,9H2,1-3H3,(H2,16,19)(H,17,20)/t11-/m0/s1. The zero-order valence-corrected chi connectivity index (χ0v) is 14.4. The molecule has 23 heavy (non-hydrogen) atoms. The maximum Gasteiger partial charge on any atom is 0.251 e. The molecule has 1 rings (SSSR count). The lowest BCUT2D eigenvalue weighted by Gasteiger charge is -2.19. The molecule has 0 bridgehead atoms. The molecule has 0 saturated carbocycles. The lowest BCUT2D eigenvalue weighted by Crippen LogP contribution is -2.36. The summed E-state index contributed by atoms with van der Waals surface area (Å²) in [6.45, 7) is 5.86. The molecule has 0 aliphatic carbocycles. The number of nitrogens with two attached hydrogens (primary N) is 1. The fourth-order valence-electron chi connectivity index (χ4n) is 2.17. The number of rotatable bonds is 8. The van der Waals surface area contributed by atoms with Crippen molar-refractivity contribution in [3.05, 3.63) is 29.8 Å². The molecule has 128 valence electrons. The molecular weight excluding hydrogens is 318 g/mol. The van der Waals surface area contributed by atoms with Gasteiger partial charge in [0.1, 0.15) is 0 Å². The van der Waals surface area contributed by atoms with Crippen molar-refractivity contribution in [2.75, 3.05) is 13.1 Å². The summed E-state index contributed by atoms with van der Waals surface area (Å²) in [7, 11) is -3.63. The van der Waals surface area contributed by atoms with E-state index in [-0.39, 0.29) is 16.9 Å². The van der Waals surface area contributed by atoms with Crippen LogP contribution in [0.1, 0.15) is 37.6 Å². The fourth-order valence-corrected chi connectivity index (χ4v) is 3.67. The van der Waals surface area contributed by atoms with Crippen LogP contribution >= 0.6 is 0 Å². The van der Waals surface area contributed by atoms with Crippen LogP contribution in [0.5, 0.6) is 0 Å². The number of sulfonamides is 1. The number of hydrogen-bond donors (Lipinski definition) is 2. The Labute approximate surface area is 136 Å². The summed E-state index contributed by atoms with van der Waals surface area (Å²) in [5.74, 6) is -0.967. The van der Waals surface area contributed by atoms with Crippen LogP contribution in [0.2, 0.25) is 0 Å². The van der Waals surface area contributed by atoms with Crippen molar-refractivity contribution in [2.45, 2.75) is 38.1 Å². The predicted molar refractivity (Wildman–Crippen MR) is 87.3 cm³/mol. The number of nitrogens with one attached hydrogen (secondary N) is 1. The fraction of sp³-hybridized carbons (Fsp3) is 0.467. The van der Waals surface area contributed by atoms with Crippen LogP contribution in [0.4, 0.5) is 0 Å². The number of hydrogen-bond acceptors (Lipinski definition) is 4. The number of nitrogens with zero attached hydrogens (tertiary/aromatic N) is 1. The normalized spacial score (nSPS) is 12.9. The van der Waals surface area contributed by atoms with Crippen LogP contribution in [0.15, 0.2) is 29.2 Å². The first-order valence-corrected chi connectivity index (χ1v) is 8.85. The largest absolute Gasteiger partial charge is 0.370 e. The summed E-state index contributed by atoms with van der Waals surface area (Å²) in [4.78, 5) is 23.1. The number of amides is 2. The van der Waals surface area contributed by atoms with Crippen molar-refractivity contribution in [3.63, 3.8) is 0 Å². The van der Waals surface area contributed by atoms with E-state index in [1.807, 2.05) is 0 Å². The Bertz CT molecular complexity index is 669. The lowest BCUT2D eigenvalue weighted by atomic mass is 10.1. The summed E-state index contributed by atoms with van der Waals surface area (Å²) in [5, 5.41) is 2.62. The predicted octanol–water partition coefficient (Wildman–Crippen LogP) is 0.711. The topological polar surface area (TPSA) is 110 Å². The average Bonchev–Trinajstić information content (AvgIpc) is 2.47. The number of benzene rings is 1. The van der Waals surface area contributed by atoms with Gasteiger partial charge in [-0.05, 0) is 25.1 Å². The van der Waals surface area contributed by atoms with Crippen molar-refractivity contribution in [3.8, 4) is 0 Å². The first-order chi connectivity index (χ1) is 10.7. The zero-order chi connectivity index (χ0) is 17.6. The molecule has 1 aromatic carbocycles. The Hall–Kier alpha value is -1.93. The van der Waals surface area contributed by atoms with Crippen molar-refractivity contribution >= 4 is 21.8 Å². The Morgan fingerprint density at radius 1 is 1.26 bits per heavy atom. The molecule has 7 nitrogen and oxygen atoms in total. The second-order valence-corrected chi connectivity index (χ2v) is 7.10. The molecule has 0 radical (unpaired) electrons. The molecule has 0 unspecified atom stereocenters. The summed E-state index contributed by atoms with van der Waals surface area (Å²) in [6, 6.07) is 5.40. The molecular formula is C15H23N3O4S. The van der Waals surface area contributed by atoms with Gasteiger partial charge in [-0.3, -0.25) is 9.59 Å². The summed E-state index contributed by atoms with van der Waals surface area (Å²) in [6.07, 6.45) is 0.0170. The first kappa shape index (κ1) is 19.1. The Morgan fingerprint density at radius 3 is 2.39 bits per heavy atom. The monoisotopic (exact) mass is 341 g/mol. The van der Waals surface area contributed by atoms with Gasteiger partial charge >= 0.3 is 0 Å². The third-order valence-corrected chi connectivity index (χ3v) is 5.37. The third-order valence-electron chi connectivity index (χ3n) is 3.32. The van der Waals surface area contributed by atoms with Crippen molar-refractivity contribution < 1.29 is 18.0 Å². The van der Waals surface area contributed by atoms with Crippen molar-refractivity contribution in [1.29, 1.82) is 0 Å². The molecule has 1 aromatic rings. The van der Waals surface area contributed by atoms with Gasteiger partial charge in [0.25, 0.3) is 5.91 Å². The minimum atomic E-state index is -3.63. The second kappa shape index (κ2) is 8.07. The molecule has 3 N–H and O–H groups in total. The smallest absolute Gasteiger partial charge is 0.251 e. The molecule has 8 heteroatoms. The van der Waals surface area contributed by atoms with Crippen LogP contribution in [0, 0.1) is 0 Å². The van der Waals surface area contributed by atoms with Crippen LogP contribution in [0.3, 0.4) is 0 Å². The maximum atomic E-state index is 12.5. The van der Waals surface area contributed by atoms with Crippen LogP contribution in [-0.2, 0) is 14.8 Å².